The second-order valence-corrected chi connectivity index (χ2v) is 5.07. The number of aryl methyl sites for hydroxylation is 1. The molecule has 0 saturated carbocycles. The zero-order chi connectivity index (χ0) is 12.1. The van der Waals surface area contributed by atoms with Crippen LogP contribution >= 0.6 is 11.8 Å². The monoisotopic (exact) mass is 238 g/mol. The van der Waals surface area contributed by atoms with Crippen LogP contribution in [0.25, 0.3) is 0 Å². The number of benzene rings is 2. The first kappa shape index (κ1) is 11.8. The third-order valence-electron chi connectivity index (χ3n) is 2.53. The average Bonchev–Trinajstić information content (AvgIpc) is 2.38. The topological polar surface area (TPSA) is 0 Å². The molecule has 0 bridgehead atoms. The van der Waals surface area contributed by atoms with Crippen molar-refractivity contribution in [2.45, 2.75) is 17.1 Å². The molecule has 0 fully saturated rings. The summed E-state index contributed by atoms with van der Waals surface area (Å²) in [5, 5.41) is 0.0815. The maximum atomic E-state index is 5.62. The molecular weight excluding hydrogens is 224 g/mol. The van der Waals surface area contributed by atoms with E-state index >= 15 is 0 Å². The van der Waals surface area contributed by atoms with Gasteiger partial charge < -0.3 is 0 Å². The van der Waals surface area contributed by atoms with Gasteiger partial charge in [-0.2, -0.15) is 0 Å². The summed E-state index contributed by atoms with van der Waals surface area (Å²) >= 11 is 1.71. The third-order valence-corrected chi connectivity index (χ3v) is 3.72. The summed E-state index contributed by atoms with van der Waals surface area (Å²) in [5.41, 5.74) is 2.45. The van der Waals surface area contributed by atoms with E-state index in [1.165, 1.54) is 16.0 Å². The van der Waals surface area contributed by atoms with Crippen molar-refractivity contribution in [3.8, 4) is 12.3 Å². The van der Waals surface area contributed by atoms with Crippen LogP contribution in [0, 0.1) is 19.3 Å². The number of hydrogen-bond acceptors (Lipinski definition) is 1. The van der Waals surface area contributed by atoms with Crippen molar-refractivity contribution in [3.63, 3.8) is 0 Å². The Hall–Kier alpha value is -1.65. The van der Waals surface area contributed by atoms with Crippen molar-refractivity contribution >= 4 is 11.8 Å². The molecule has 0 spiro atoms. The van der Waals surface area contributed by atoms with Gasteiger partial charge >= 0.3 is 0 Å². The Labute approximate surface area is 107 Å². The third kappa shape index (κ3) is 3.15. The Morgan fingerprint density at radius 1 is 1.00 bits per heavy atom. The fourth-order valence-electron chi connectivity index (χ4n) is 1.57. The lowest BCUT2D eigenvalue weighted by atomic mass is 10.1. The molecule has 0 aromatic heterocycles. The molecule has 2 aromatic rings. The van der Waals surface area contributed by atoms with Crippen molar-refractivity contribution in [1.82, 2.24) is 0 Å². The van der Waals surface area contributed by atoms with Crippen LogP contribution in [0.1, 0.15) is 16.4 Å². The van der Waals surface area contributed by atoms with Crippen LogP contribution in [0.15, 0.2) is 59.5 Å². The Morgan fingerprint density at radius 2 is 1.65 bits per heavy atom. The summed E-state index contributed by atoms with van der Waals surface area (Å²) in [5.74, 6) is 2.85. The minimum Gasteiger partial charge on any atom is -0.119 e. The number of terminal acetylenes is 1. The van der Waals surface area contributed by atoms with E-state index in [-0.39, 0.29) is 5.25 Å². The second kappa shape index (κ2) is 5.61. The predicted molar refractivity (Wildman–Crippen MR) is 75.1 cm³/mol. The van der Waals surface area contributed by atoms with Crippen LogP contribution in [-0.4, -0.2) is 0 Å². The van der Waals surface area contributed by atoms with E-state index in [0.717, 1.165) is 0 Å². The van der Waals surface area contributed by atoms with Crippen molar-refractivity contribution in [2.24, 2.45) is 0 Å². The molecule has 1 unspecified atom stereocenters. The maximum absolute atomic E-state index is 5.62. The van der Waals surface area contributed by atoms with Crippen LogP contribution in [-0.2, 0) is 0 Å². The summed E-state index contributed by atoms with van der Waals surface area (Å²) < 4.78 is 0. The van der Waals surface area contributed by atoms with Crippen LogP contribution in [0.2, 0.25) is 0 Å². The van der Waals surface area contributed by atoms with Gasteiger partial charge in [-0.05, 0) is 24.6 Å². The number of hydrogen-bond donors (Lipinski definition) is 0. The number of rotatable bonds is 3. The van der Waals surface area contributed by atoms with Crippen molar-refractivity contribution in [1.29, 1.82) is 0 Å². The summed E-state index contributed by atoms with van der Waals surface area (Å²) in [6, 6.07) is 18.7. The van der Waals surface area contributed by atoms with E-state index in [4.69, 9.17) is 6.42 Å². The SMILES string of the molecule is C#CC(Sc1ccccc1)c1ccc(C)cc1. The van der Waals surface area contributed by atoms with Gasteiger partial charge in [0.25, 0.3) is 0 Å². The fraction of sp³-hybridized carbons (Fsp3) is 0.125. The minimum absolute atomic E-state index is 0.0815. The highest BCUT2D eigenvalue weighted by Crippen LogP contribution is 2.34. The molecule has 0 nitrogen and oxygen atoms in total. The van der Waals surface area contributed by atoms with Gasteiger partial charge in [0.05, 0.1) is 5.25 Å². The molecule has 2 rings (SSSR count). The molecule has 0 aliphatic carbocycles. The zero-order valence-corrected chi connectivity index (χ0v) is 10.6. The molecule has 84 valence electrons. The van der Waals surface area contributed by atoms with Gasteiger partial charge in [-0.15, -0.1) is 18.2 Å². The van der Waals surface area contributed by atoms with Crippen LogP contribution < -0.4 is 0 Å². The van der Waals surface area contributed by atoms with Gasteiger partial charge in [-0.25, -0.2) is 0 Å². The lowest BCUT2D eigenvalue weighted by Crippen LogP contribution is -1.90. The quantitative estimate of drug-likeness (QED) is 0.562. The Morgan fingerprint density at radius 3 is 2.24 bits per heavy atom. The van der Waals surface area contributed by atoms with Gasteiger partial charge in [0.1, 0.15) is 0 Å². The van der Waals surface area contributed by atoms with Gasteiger partial charge in [-0.1, -0.05) is 53.9 Å². The van der Waals surface area contributed by atoms with Crippen molar-refractivity contribution in [2.75, 3.05) is 0 Å². The van der Waals surface area contributed by atoms with E-state index in [0.29, 0.717) is 0 Å². The summed E-state index contributed by atoms with van der Waals surface area (Å²) in [6.07, 6.45) is 5.62. The molecule has 0 radical (unpaired) electrons. The molecule has 0 aliphatic rings. The fourth-order valence-corrected chi connectivity index (χ4v) is 2.52. The predicted octanol–water partition coefficient (Wildman–Crippen LogP) is 4.46. The Kier molecular flexibility index (Phi) is 3.90. The van der Waals surface area contributed by atoms with Gasteiger partial charge in [0, 0.05) is 4.90 Å². The van der Waals surface area contributed by atoms with Crippen molar-refractivity contribution < 1.29 is 0 Å². The van der Waals surface area contributed by atoms with E-state index in [1.54, 1.807) is 11.8 Å². The lowest BCUT2D eigenvalue weighted by Gasteiger charge is -2.11. The first-order valence-electron chi connectivity index (χ1n) is 5.54. The molecule has 2 aromatic carbocycles. The standard InChI is InChI=1S/C16H14S/c1-3-16(14-11-9-13(2)10-12-14)17-15-7-5-4-6-8-15/h1,4-12,16H,2H3. The largest absolute Gasteiger partial charge is 0.119 e. The van der Waals surface area contributed by atoms with E-state index < -0.39 is 0 Å². The summed E-state index contributed by atoms with van der Waals surface area (Å²) in [7, 11) is 0. The summed E-state index contributed by atoms with van der Waals surface area (Å²) in [4.78, 5) is 1.20. The van der Waals surface area contributed by atoms with E-state index in [1.807, 2.05) is 18.2 Å². The molecule has 0 N–H and O–H groups in total. The molecule has 1 heteroatoms. The second-order valence-electron chi connectivity index (χ2n) is 3.89. The van der Waals surface area contributed by atoms with Gasteiger partial charge in [0.2, 0.25) is 0 Å². The molecule has 0 saturated heterocycles. The van der Waals surface area contributed by atoms with Gasteiger partial charge in [-0.3, -0.25) is 0 Å². The normalized spacial score (nSPS) is 11.8. The Balaban J connectivity index is 2.18. The molecule has 0 heterocycles. The minimum atomic E-state index is 0.0815. The maximum Gasteiger partial charge on any atom is 0.0950 e. The smallest absolute Gasteiger partial charge is 0.0950 e. The zero-order valence-electron chi connectivity index (χ0n) is 9.76. The highest BCUT2D eigenvalue weighted by molar-refractivity contribution is 7.99. The average molecular weight is 238 g/mol. The first-order chi connectivity index (χ1) is 8.29. The lowest BCUT2D eigenvalue weighted by molar-refractivity contribution is 1.25. The molecule has 1 atom stereocenters. The van der Waals surface area contributed by atoms with Crippen LogP contribution in [0.3, 0.4) is 0 Å². The van der Waals surface area contributed by atoms with E-state index in [2.05, 4.69) is 49.2 Å². The molecule has 17 heavy (non-hydrogen) atoms. The summed E-state index contributed by atoms with van der Waals surface area (Å²) in [6.45, 7) is 2.08. The van der Waals surface area contributed by atoms with E-state index in [9.17, 15) is 0 Å². The highest BCUT2D eigenvalue weighted by atomic mass is 32.2. The van der Waals surface area contributed by atoms with Crippen LogP contribution in [0.5, 0.6) is 0 Å². The highest BCUT2D eigenvalue weighted by Gasteiger charge is 2.09. The molecular formula is C16H14S. The van der Waals surface area contributed by atoms with Crippen molar-refractivity contribution in [3.05, 3.63) is 65.7 Å². The first-order valence-corrected chi connectivity index (χ1v) is 6.42. The van der Waals surface area contributed by atoms with Crippen LogP contribution in [0.4, 0.5) is 0 Å². The molecule has 0 aliphatic heterocycles. The number of thioether (sulfide) groups is 1. The van der Waals surface area contributed by atoms with Gasteiger partial charge in [0.15, 0.2) is 0 Å². The molecule has 0 amide bonds. The Bertz CT molecular complexity index is 505.